The zero-order valence-corrected chi connectivity index (χ0v) is 17.7. The molecule has 6 heteroatoms. The Hall–Kier alpha value is -1.89. The van der Waals surface area contributed by atoms with Crippen LogP contribution in [0.15, 0.2) is 54.6 Å². The van der Waals surface area contributed by atoms with E-state index >= 15 is 0 Å². The van der Waals surface area contributed by atoms with Crippen molar-refractivity contribution in [1.29, 1.82) is 0 Å². The van der Waals surface area contributed by atoms with E-state index in [4.69, 9.17) is 9.47 Å². The molecule has 2 fully saturated rings. The van der Waals surface area contributed by atoms with Crippen LogP contribution in [0.1, 0.15) is 42.6 Å². The Bertz CT molecular complexity index is 892. The maximum atomic E-state index is 13.3. The number of ether oxygens (including phenoxy) is 2. The topological polar surface area (TPSA) is 55.8 Å². The van der Waals surface area contributed by atoms with Crippen LogP contribution in [0.2, 0.25) is 0 Å². The van der Waals surface area contributed by atoms with Crippen LogP contribution >= 0.6 is 0 Å². The average molecular weight is 416 g/mol. The van der Waals surface area contributed by atoms with E-state index in [1.807, 2.05) is 61.5 Å². The van der Waals surface area contributed by atoms with Crippen LogP contribution < -0.4 is 4.74 Å². The minimum atomic E-state index is -3.41. The molecule has 2 aromatic carbocycles. The van der Waals surface area contributed by atoms with Crippen molar-refractivity contribution < 1.29 is 17.9 Å². The van der Waals surface area contributed by atoms with Crippen LogP contribution in [0.4, 0.5) is 0 Å². The van der Waals surface area contributed by atoms with E-state index in [2.05, 4.69) is 0 Å². The van der Waals surface area contributed by atoms with E-state index in [0.29, 0.717) is 25.5 Å². The highest BCUT2D eigenvalue weighted by atomic mass is 32.2. The monoisotopic (exact) mass is 415 g/mol. The van der Waals surface area contributed by atoms with Gasteiger partial charge in [0.25, 0.3) is 0 Å². The molecule has 5 nitrogen and oxygen atoms in total. The first-order chi connectivity index (χ1) is 14.0. The Morgan fingerprint density at radius 2 is 1.79 bits per heavy atom. The van der Waals surface area contributed by atoms with Crippen molar-refractivity contribution in [2.45, 2.75) is 44.0 Å². The number of hydrogen-bond donors (Lipinski definition) is 0. The zero-order valence-electron chi connectivity index (χ0n) is 16.9. The van der Waals surface area contributed by atoms with Gasteiger partial charge in [0.05, 0.1) is 13.2 Å². The van der Waals surface area contributed by atoms with Crippen LogP contribution in [0.3, 0.4) is 0 Å². The van der Waals surface area contributed by atoms with Gasteiger partial charge in [0.2, 0.25) is 10.0 Å². The van der Waals surface area contributed by atoms with Crippen molar-refractivity contribution in [3.8, 4) is 5.75 Å². The summed E-state index contributed by atoms with van der Waals surface area (Å²) in [7, 11) is -3.41. The van der Waals surface area contributed by atoms with Crippen molar-refractivity contribution >= 4 is 10.0 Å². The zero-order chi connectivity index (χ0) is 20.3. The van der Waals surface area contributed by atoms with Crippen molar-refractivity contribution in [2.24, 2.45) is 5.92 Å². The van der Waals surface area contributed by atoms with Crippen molar-refractivity contribution in [1.82, 2.24) is 4.31 Å². The predicted octanol–water partition coefficient (Wildman–Crippen LogP) is 4.16. The molecule has 2 aliphatic heterocycles. The van der Waals surface area contributed by atoms with E-state index in [0.717, 1.165) is 42.9 Å². The Morgan fingerprint density at radius 1 is 1.03 bits per heavy atom. The van der Waals surface area contributed by atoms with E-state index in [-0.39, 0.29) is 6.04 Å². The Labute approximate surface area is 173 Å². The van der Waals surface area contributed by atoms with Gasteiger partial charge in [0.15, 0.2) is 0 Å². The van der Waals surface area contributed by atoms with Gasteiger partial charge in [-0.1, -0.05) is 42.5 Å². The minimum Gasteiger partial charge on any atom is -0.493 e. The van der Waals surface area contributed by atoms with Crippen molar-refractivity contribution in [2.75, 3.05) is 19.8 Å². The highest BCUT2D eigenvalue weighted by Crippen LogP contribution is 2.38. The highest BCUT2D eigenvalue weighted by Gasteiger charge is 2.40. The van der Waals surface area contributed by atoms with E-state index in [1.165, 1.54) is 0 Å². The molecule has 2 unspecified atom stereocenters. The number of nitrogens with zero attached hydrogens (tertiary/aromatic N) is 1. The number of benzene rings is 2. The fourth-order valence-electron chi connectivity index (χ4n) is 4.15. The van der Waals surface area contributed by atoms with Gasteiger partial charge in [-0.15, -0.1) is 0 Å². The quantitative estimate of drug-likeness (QED) is 0.711. The molecule has 0 aromatic heterocycles. The van der Waals surface area contributed by atoms with Gasteiger partial charge >= 0.3 is 0 Å². The van der Waals surface area contributed by atoms with E-state index in [1.54, 1.807) is 4.31 Å². The molecule has 3 atom stereocenters. The van der Waals surface area contributed by atoms with Gasteiger partial charge in [-0.2, -0.15) is 4.31 Å². The lowest BCUT2D eigenvalue weighted by atomic mass is 10.0. The van der Waals surface area contributed by atoms with E-state index in [9.17, 15) is 8.42 Å². The molecule has 2 aromatic rings. The molecule has 29 heavy (non-hydrogen) atoms. The second-order valence-electron chi connectivity index (χ2n) is 8.10. The second-order valence-corrected chi connectivity index (χ2v) is 10.2. The maximum absolute atomic E-state index is 13.3. The van der Waals surface area contributed by atoms with Crippen molar-refractivity contribution in [3.63, 3.8) is 0 Å². The molecule has 0 bridgehead atoms. The Balaban J connectivity index is 1.44. The lowest BCUT2D eigenvalue weighted by molar-refractivity contribution is 0.167. The number of rotatable bonds is 6. The first-order valence-electron chi connectivity index (χ1n) is 10.4. The summed E-state index contributed by atoms with van der Waals surface area (Å²) in [6.07, 6.45) is 2.58. The normalized spacial score (nSPS) is 27.0. The average Bonchev–Trinajstić information content (AvgIpc) is 3.25. The lowest BCUT2D eigenvalue weighted by Crippen LogP contribution is -2.44. The van der Waals surface area contributed by atoms with Gasteiger partial charge in [-0.05, 0) is 49.4 Å². The summed E-state index contributed by atoms with van der Waals surface area (Å²) in [5, 5.41) is -0.462. The lowest BCUT2D eigenvalue weighted by Gasteiger charge is -2.37. The summed E-state index contributed by atoms with van der Waals surface area (Å²) in [6, 6.07) is 17.4. The largest absolute Gasteiger partial charge is 0.493 e. The fourth-order valence-corrected chi connectivity index (χ4v) is 6.35. The van der Waals surface area contributed by atoms with Crippen LogP contribution in [0.25, 0.3) is 0 Å². The van der Waals surface area contributed by atoms with Crippen LogP contribution in [0, 0.1) is 5.92 Å². The van der Waals surface area contributed by atoms with Gasteiger partial charge in [0.1, 0.15) is 11.0 Å². The minimum absolute atomic E-state index is 0.00162. The molecule has 2 saturated heterocycles. The molecule has 2 aliphatic rings. The summed E-state index contributed by atoms with van der Waals surface area (Å²) < 4.78 is 39.6. The highest BCUT2D eigenvalue weighted by molar-refractivity contribution is 7.89. The van der Waals surface area contributed by atoms with Crippen LogP contribution in [0.5, 0.6) is 5.75 Å². The molecule has 0 saturated carbocycles. The first kappa shape index (κ1) is 20.4. The van der Waals surface area contributed by atoms with Crippen molar-refractivity contribution in [3.05, 3.63) is 65.7 Å². The standard InChI is InChI=1S/C23H29NO4S/c1-18-7-12-23(21-5-3-2-4-6-21)29(25,26)24(18)15-19-8-10-22(11-9-19)28-17-20-13-14-27-16-20/h2-6,8-11,18,20,23H,7,12-17H2,1H3/t18-,20?,23?/m0/s1. The smallest absolute Gasteiger partial charge is 0.221 e. The first-order valence-corrected chi connectivity index (χ1v) is 11.9. The van der Waals surface area contributed by atoms with Gasteiger partial charge in [-0.3, -0.25) is 0 Å². The summed E-state index contributed by atoms with van der Waals surface area (Å²) in [5.74, 6) is 1.28. The Morgan fingerprint density at radius 3 is 2.48 bits per heavy atom. The summed E-state index contributed by atoms with van der Waals surface area (Å²) in [5.41, 5.74) is 1.86. The number of sulfonamides is 1. The van der Waals surface area contributed by atoms with Gasteiger partial charge < -0.3 is 9.47 Å². The molecule has 0 N–H and O–H groups in total. The molecule has 156 valence electrons. The van der Waals surface area contributed by atoms with Gasteiger partial charge in [0, 0.05) is 25.1 Å². The van der Waals surface area contributed by atoms with E-state index < -0.39 is 15.3 Å². The maximum Gasteiger partial charge on any atom is 0.221 e. The molecule has 0 amide bonds. The molecule has 4 rings (SSSR count). The summed E-state index contributed by atoms with van der Waals surface area (Å²) in [4.78, 5) is 0. The SMILES string of the molecule is C[C@H]1CCC(c2ccccc2)S(=O)(=O)N1Cc1ccc(OCC2CCOC2)cc1. The molecular weight excluding hydrogens is 386 g/mol. The summed E-state index contributed by atoms with van der Waals surface area (Å²) >= 11 is 0. The molecule has 0 spiro atoms. The predicted molar refractivity (Wildman–Crippen MR) is 113 cm³/mol. The van der Waals surface area contributed by atoms with Crippen LogP contribution in [-0.2, 0) is 21.3 Å². The fraction of sp³-hybridized carbons (Fsp3) is 0.478. The summed E-state index contributed by atoms with van der Waals surface area (Å²) in [6.45, 7) is 4.64. The van der Waals surface area contributed by atoms with Crippen LogP contribution in [-0.4, -0.2) is 38.6 Å². The second kappa shape index (κ2) is 8.86. The molecular formula is C23H29NO4S. The molecule has 2 heterocycles. The molecule has 0 radical (unpaired) electrons. The third-order valence-corrected chi connectivity index (χ3v) is 8.34. The molecule has 0 aliphatic carbocycles. The third kappa shape index (κ3) is 4.65. The third-order valence-electron chi connectivity index (χ3n) is 5.97. The van der Waals surface area contributed by atoms with Gasteiger partial charge in [-0.25, -0.2) is 8.42 Å². The Kier molecular flexibility index (Phi) is 6.23. The number of hydrogen-bond acceptors (Lipinski definition) is 4.